The van der Waals surface area contributed by atoms with Crippen molar-refractivity contribution in [3.05, 3.63) is 88.1 Å². The number of methoxy groups -OCH3 is 2. The first-order valence-electron chi connectivity index (χ1n) is 18.6. The van der Waals surface area contributed by atoms with Gasteiger partial charge in [0.15, 0.2) is 34.3 Å². The second kappa shape index (κ2) is 17.6. The van der Waals surface area contributed by atoms with Crippen LogP contribution in [0.25, 0.3) is 0 Å². The van der Waals surface area contributed by atoms with Crippen molar-refractivity contribution < 1.29 is 48.1 Å². The summed E-state index contributed by atoms with van der Waals surface area (Å²) in [4.78, 5) is 65.1. The van der Waals surface area contributed by atoms with Crippen LogP contribution < -0.4 is 23.8 Å². The van der Waals surface area contributed by atoms with E-state index in [4.69, 9.17) is 23.7 Å². The molecule has 4 aliphatic rings. The molecule has 2 fully saturated rings. The number of aliphatic hydroxyl groups is 1. The van der Waals surface area contributed by atoms with Crippen LogP contribution in [0, 0.1) is 10.1 Å². The molecule has 2 saturated heterocycles. The van der Waals surface area contributed by atoms with Crippen LogP contribution in [0.1, 0.15) is 46.9 Å². The maximum atomic E-state index is 14.0. The van der Waals surface area contributed by atoms with E-state index in [0.717, 1.165) is 26.8 Å². The van der Waals surface area contributed by atoms with Crippen molar-refractivity contribution in [3.63, 3.8) is 0 Å². The van der Waals surface area contributed by atoms with Gasteiger partial charge in [-0.1, -0.05) is 35.1 Å². The van der Waals surface area contributed by atoms with E-state index in [-0.39, 0.29) is 83.4 Å². The molecule has 0 bridgehead atoms. The number of aliphatic hydroxyl groups excluding tert-OH is 1. The fraction of sp³-hybridized carbons (Fsp3) is 0.375. The van der Waals surface area contributed by atoms with Gasteiger partial charge in [-0.05, 0) is 48.8 Å². The number of aliphatic imine (C=N–C) groups is 1. The summed E-state index contributed by atoms with van der Waals surface area (Å²) in [7, 11) is 5.23. The minimum atomic E-state index is -1.50. The molecule has 17 nitrogen and oxygen atoms in total. The summed E-state index contributed by atoms with van der Waals surface area (Å²) in [5.41, 5.74) is 2.59. The largest absolute Gasteiger partial charge is 0.493 e. The number of hydrogen-bond donors (Lipinski definition) is 1. The number of carbonyl (C=O) groups excluding carboxylic acids is 3. The first-order chi connectivity index (χ1) is 28.4. The van der Waals surface area contributed by atoms with Crippen LogP contribution in [0.4, 0.5) is 21.9 Å². The monoisotopic (exact) mass is 846 g/mol. The number of pyridine rings is 1. The second-order valence-corrected chi connectivity index (χ2v) is 16.8. The van der Waals surface area contributed by atoms with Crippen molar-refractivity contribution in [2.45, 2.75) is 54.8 Å². The Bertz CT molecular complexity index is 2240. The SMILES string of the molecule is C=C1C[C@H]2C=Nc3cc(OCCCOc4cc5c(cc4OC)C(=O)N4CC(=C)C[C@H]4C(O)N5C(=O)OCC(C)SSc4ncccc4[N+](=O)[O-])c(OC)cc3C(=O)N2C1. The molecule has 19 heteroatoms. The molecule has 1 aromatic heterocycles. The Balaban J connectivity index is 1.05. The molecule has 310 valence electrons. The molecule has 7 rings (SSSR count). The number of benzene rings is 2. The summed E-state index contributed by atoms with van der Waals surface area (Å²) in [6.07, 6.45) is 2.11. The average molecular weight is 847 g/mol. The van der Waals surface area contributed by atoms with Crippen LogP contribution in [-0.4, -0.2) is 120 Å². The zero-order valence-corrected chi connectivity index (χ0v) is 34.2. The van der Waals surface area contributed by atoms with E-state index in [1.807, 2.05) is 0 Å². The van der Waals surface area contributed by atoms with Crippen molar-refractivity contribution in [2.75, 3.05) is 52.0 Å². The Hall–Kier alpha value is -5.79. The van der Waals surface area contributed by atoms with Crippen molar-refractivity contribution in [3.8, 4) is 23.0 Å². The summed E-state index contributed by atoms with van der Waals surface area (Å²) in [5, 5.41) is 23.0. The molecule has 1 N–H and O–H groups in total. The molecule has 3 aromatic rings. The molecule has 0 spiro atoms. The summed E-state index contributed by atoms with van der Waals surface area (Å²) in [6, 6.07) is 8.14. The molecular weight excluding hydrogens is 805 g/mol. The normalized spacial score (nSPS) is 19.9. The van der Waals surface area contributed by atoms with E-state index in [9.17, 15) is 29.6 Å². The predicted molar refractivity (Wildman–Crippen MR) is 221 cm³/mol. The van der Waals surface area contributed by atoms with Crippen LogP contribution in [0.5, 0.6) is 23.0 Å². The number of ether oxygens (including phenoxy) is 5. The molecule has 2 aromatic carbocycles. The molecule has 5 heterocycles. The smallest absolute Gasteiger partial charge is 0.416 e. The highest BCUT2D eigenvalue weighted by atomic mass is 33.1. The van der Waals surface area contributed by atoms with Crippen molar-refractivity contribution >= 4 is 62.8 Å². The van der Waals surface area contributed by atoms with Gasteiger partial charge in [0.2, 0.25) is 0 Å². The number of carbonyl (C=O) groups is 3. The number of nitro groups is 1. The summed E-state index contributed by atoms with van der Waals surface area (Å²) in [5.74, 6) is 0.619. The molecule has 59 heavy (non-hydrogen) atoms. The van der Waals surface area contributed by atoms with E-state index in [1.54, 1.807) is 30.2 Å². The molecule has 2 unspecified atom stereocenters. The molecule has 3 amide bonds. The summed E-state index contributed by atoms with van der Waals surface area (Å²) >= 11 is 0. The molecule has 0 saturated carbocycles. The van der Waals surface area contributed by atoms with Crippen molar-refractivity contribution in [2.24, 2.45) is 4.99 Å². The fourth-order valence-corrected chi connectivity index (χ4v) is 9.24. The van der Waals surface area contributed by atoms with E-state index in [0.29, 0.717) is 42.1 Å². The number of rotatable bonds is 14. The molecule has 4 atom stereocenters. The van der Waals surface area contributed by atoms with E-state index in [1.165, 1.54) is 60.4 Å². The highest BCUT2D eigenvalue weighted by molar-refractivity contribution is 8.77. The number of aromatic nitrogens is 1. The van der Waals surface area contributed by atoms with E-state index in [2.05, 4.69) is 23.1 Å². The van der Waals surface area contributed by atoms with Gasteiger partial charge in [-0.2, -0.15) is 0 Å². The first-order valence-corrected chi connectivity index (χ1v) is 20.9. The van der Waals surface area contributed by atoms with Crippen molar-refractivity contribution in [1.82, 2.24) is 14.8 Å². The van der Waals surface area contributed by atoms with Crippen LogP contribution in [0.15, 0.2) is 76.9 Å². The average Bonchev–Trinajstić information content (AvgIpc) is 3.77. The van der Waals surface area contributed by atoms with Gasteiger partial charge in [0.25, 0.3) is 11.8 Å². The summed E-state index contributed by atoms with van der Waals surface area (Å²) < 4.78 is 29.1. The fourth-order valence-electron chi connectivity index (χ4n) is 7.21. The highest BCUT2D eigenvalue weighted by Gasteiger charge is 2.46. The Kier molecular flexibility index (Phi) is 12.3. The Morgan fingerprint density at radius 3 is 2.36 bits per heavy atom. The zero-order valence-electron chi connectivity index (χ0n) is 32.5. The molecule has 0 aliphatic carbocycles. The van der Waals surface area contributed by atoms with Crippen LogP contribution in [-0.2, 0) is 4.74 Å². The summed E-state index contributed by atoms with van der Waals surface area (Å²) in [6.45, 7) is 10.7. The maximum Gasteiger partial charge on any atom is 0.416 e. The standard InChI is InChI=1S/C40H42N6O11S2/c1-22-12-25-18-42-28-16-34(32(53-4)14-26(28)37(47)43(25)19-22)55-10-7-11-56-35-17-30-27(15-33(35)54-5)38(48)44-20-23(2)13-31(44)39(49)45(30)40(50)57-21-24(3)58-59-36-29(46(51)52)8-6-9-41-36/h6,8-9,14-18,24-25,31,39,49H,1-2,7,10-13,19-21H2,3-5H3/t24?,25-,31-,39?/m0/s1. The van der Waals surface area contributed by atoms with Crippen LogP contribution in [0.3, 0.4) is 0 Å². The van der Waals surface area contributed by atoms with Gasteiger partial charge in [-0.3, -0.25) is 24.7 Å². The lowest BCUT2D eigenvalue weighted by molar-refractivity contribution is -0.388. The third kappa shape index (κ3) is 8.53. The van der Waals surface area contributed by atoms with E-state index < -0.39 is 29.2 Å². The minimum absolute atomic E-state index is 0.0629. The molecular formula is C40H42N6O11S2. The molecule has 4 aliphatic heterocycles. The van der Waals surface area contributed by atoms with Crippen molar-refractivity contribution in [1.29, 1.82) is 0 Å². The third-order valence-electron chi connectivity index (χ3n) is 10.1. The Morgan fingerprint density at radius 2 is 1.64 bits per heavy atom. The highest BCUT2D eigenvalue weighted by Crippen LogP contribution is 2.43. The number of hydrogen-bond acceptors (Lipinski definition) is 15. The Morgan fingerprint density at radius 1 is 0.983 bits per heavy atom. The van der Waals surface area contributed by atoms with Crippen LogP contribution in [0.2, 0.25) is 0 Å². The van der Waals surface area contributed by atoms with Gasteiger partial charge in [0, 0.05) is 55.4 Å². The van der Waals surface area contributed by atoms with Gasteiger partial charge in [0.05, 0.1) is 66.9 Å². The van der Waals surface area contributed by atoms with Gasteiger partial charge in [-0.15, -0.1) is 0 Å². The lowest BCUT2D eigenvalue weighted by atomic mass is 10.1. The number of amides is 3. The van der Waals surface area contributed by atoms with E-state index >= 15 is 0 Å². The number of anilines is 1. The quantitative estimate of drug-likeness (QED) is 0.0632. The number of nitrogens with zero attached hydrogens (tertiary/aromatic N) is 6. The lowest BCUT2D eigenvalue weighted by Gasteiger charge is -2.31. The van der Waals surface area contributed by atoms with Gasteiger partial charge < -0.3 is 38.6 Å². The van der Waals surface area contributed by atoms with Gasteiger partial charge in [0.1, 0.15) is 6.61 Å². The zero-order chi connectivity index (χ0) is 42.0. The third-order valence-corrected chi connectivity index (χ3v) is 12.8. The first kappa shape index (κ1) is 41.4. The van der Waals surface area contributed by atoms with Crippen LogP contribution >= 0.6 is 21.6 Å². The Labute approximate surface area is 347 Å². The molecule has 0 radical (unpaired) electrons. The maximum absolute atomic E-state index is 14.0. The lowest BCUT2D eigenvalue weighted by Crippen LogP contribution is -2.51. The minimum Gasteiger partial charge on any atom is -0.493 e. The van der Waals surface area contributed by atoms with Gasteiger partial charge in [-0.25, -0.2) is 14.7 Å². The second-order valence-electron chi connectivity index (χ2n) is 14.2. The topological polar surface area (TPSA) is 196 Å². The number of fused-ring (bicyclic) bond motifs is 4. The predicted octanol–water partition coefficient (Wildman–Crippen LogP) is 6.22. The van der Waals surface area contributed by atoms with Gasteiger partial charge >= 0.3 is 11.8 Å².